The lowest BCUT2D eigenvalue weighted by Gasteiger charge is -2.17. The van der Waals surface area contributed by atoms with Gasteiger partial charge in [0.05, 0.1) is 16.8 Å². The van der Waals surface area contributed by atoms with Gasteiger partial charge < -0.3 is 15.4 Å². The first kappa shape index (κ1) is 25.7. The minimum absolute atomic E-state index is 0.207. The molecule has 3 aromatic rings. The third-order valence-corrected chi connectivity index (χ3v) is 5.21. The van der Waals surface area contributed by atoms with E-state index in [9.17, 15) is 27.2 Å². The Morgan fingerprint density at radius 1 is 0.971 bits per heavy atom. The molecule has 0 aliphatic rings. The lowest BCUT2D eigenvalue weighted by Crippen LogP contribution is -2.23. The maximum atomic E-state index is 13.8. The van der Waals surface area contributed by atoms with Crippen molar-refractivity contribution in [1.82, 2.24) is 0 Å². The normalized spacial score (nSPS) is 11.3. The Kier molecular flexibility index (Phi) is 7.78. The Hall–Kier alpha value is -3.88. The molecule has 0 fully saturated rings. The van der Waals surface area contributed by atoms with Crippen LogP contribution >= 0.6 is 0 Å². The molecule has 0 aliphatic carbocycles. The summed E-state index contributed by atoms with van der Waals surface area (Å²) in [4.78, 5) is 24.6. The number of carbonyl (C=O) groups is 2. The molecule has 2 N–H and O–H groups in total. The lowest BCUT2D eigenvalue weighted by molar-refractivity contribution is -0.137. The summed E-state index contributed by atoms with van der Waals surface area (Å²) in [6, 6.07) is 13.5. The molecule has 9 heteroatoms. The molecule has 0 aliphatic heterocycles. The fourth-order valence-corrected chi connectivity index (χ4v) is 3.27. The molecule has 3 rings (SSSR count). The van der Waals surface area contributed by atoms with Crippen molar-refractivity contribution in [2.24, 2.45) is 0 Å². The summed E-state index contributed by atoms with van der Waals surface area (Å²) in [5.74, 6) is -1.79. The molecular formula is C26H24F4N2O3. The first-order chi connectivity index (χ1) is 16.5. The Morgan fingerprint density at radius 2 is 1.69 bits per heavy atom. The summed E-state index contributed by atoms with van der Waals surface area (Å²) < 4.78 is 60.4. The Bertz CT molecular complexity index is 1240. The first-order valence-electron chi connectivity index (χ1n) is 10.8. The fourth-order valence-electron chi connectivity index (χ4n) is 3.27. The van der Waals surface area contributed by atoms with Gasteiger partial charge in [0.25, 0.3) is 11.8 Å². The topological polar surface area (TPSA) is 67.4 Å². The zero-order chi connectivity index (χ0) is 25.8. The summed E-state index contributed by atoms with van der Waals surface area (Å²) in [5.41, 5.74) is -0.405. The van der Waals surface area contributed by atoms with Gasteiger partial charge in [0.2, 0.25) is 0 Å². The van der Waals surface area contributed by atoms with E-state index in [4.69, 9.17) is 4.74 Å². The van der Waals surface area contributed by atoms with Crippen molar-refractivity contribution >= 4 is 23.2 Å². The van der Waals surface area contributed by atoms with Crippen molar-refractivity contribution in [3.63, 3.8) is 0 Å². The summed E-state index contributed by atoms with van der Waals surface area (Å²) in [6.45, 7) is 5.31. The summed E-state index contributed by atoms with van der Waals surface area (Å²) in [6.07, 6.45) is -4.83. The van der Waals surface area contributed by atoms with E-state index in [1.54, 1.807) is 13.0 Å². The number of alkyl halides is 3. The van der Waals surface area contributed by atoms with Crippen LogP contribution in [-0.2, 0) is 11.0 Å². The molecule has 0 saturated heterocycles. The number of benzene rings is 3. The summed E-state index contributed by atoms with van der Waals surface area (Å²) in [5, 5.41) is 4.45. The van der Waals surface area contributed by atoms with E-state index < -0.39 is 41.7 Å². The molecule has 0 saturated carbocycles. The second-order valence-corrected chi connectivity index (χ2v) is 8.21. The molecule has 35 heavy (non-hydrogen) atoms. The van der Waals surface area contributed by atoms with Gasteiger partial charge in [-0.05, 0) is 60.4 Å². The number of anilines is 2. The first-order valence-corrected chi connectivity index (χ1v) is 10.8. The zero-order valence-corrected chi connectivity index (χ0v) is 19.3. The van der Waals surface area contributed by atoms with Gasteiger partial charge in [-0.1, -0.05) is 38.1 Å². The SMILES string of the molecule is Cc1ccc(C(C)C)cc1OCC(=O)Nc1ccc(NC(=O)c2ccccc2F)cc1C(F)(F)F. The molecular weight excluding hydrogens is 464 g/mol. The van der Waals surface area contributed by atoms with Crippen LogP contribution in [0.1, 0.15) is 46.8 Å². The van der Waals surface area contributed by atoms with Crippen molar-refractivity contribution in [3.8, 4) is 5.75 Å². The Labute approximate surface area is 200 Å². The maximum Gasteiger partial charge on any atom is 0.418 e. The molecule has 3 aromatic carbocycles. The van der Waals surface area contributed by atoms with Gasteiger partial charge in [-0.15, -0.1) is 0 Å². The van der Waals surface area contributed by atoms with Gasteiger partial charge in [0.15, 0.2) is 6.61 Å². The second kappa shape index (κ2) is 10.6. The van der Waals surface area contributed by atoms with E-state index in [1.807, 2.05) is 26.0 Å². The fraction of sp³-hybridized carbons (Fsp3) is 0.231. The highest BCUT2D eigenvalue weighted by Gasteiger charge is 2.34. The van der Waals surface area contributed by atoms with Crippen LogP contribution in [0.5, 0.6) is 5.75 Å². The van der Waals surface area contributed by atoms with E-state index in [-0.39, 0.29) is 17.2 Å². The van der Waals surface area contributed by atoms with Crippen LogP contribution in [0.2, 0.25) is 0 Å². The van der Waals surface area contributed by atoms with Crippen LogP contribution in [0, 0.1) is 12.7 Å². The highest BCUT2D eigenvalue weighted by Crippen LogP contribution is 2.37. The van der Waals surface area contributed by atoms with E-state index in [0.717, 1.165) is 23.3 Å². The quantitative estimate of drug-likeness (QED) is 0.371. The number of ether oxygens (including phenoxy) is 1. The highest BCUT2D eigenvalue weighted by molar-refractivity contribution is 6.04. The maximum absolute atomic E-state index is 13.8. The Morgan fingerprint density at radius 3 is 2.34 bits per heavy atom. The number of carbonyl (C=O) groups excluding carboxylic acids is 2. The predicted octanol–water partition coefficient (Wildman–Crippen LogP) is 6.55. The zero-order valence-electron chi connectivity index (χ0n) is 19.3. The Balaban J connectivity index is 1.74. The minimum atomic E-state index is -4.83. The van der Waals surface area contributed by atoms with Crippen LogP contribution in [0.25, 0.3) is 0 Å². The molecule has 2 amide bonds. The number of hydrogen-bond acceptors (Lipinski definition) is 3. The van der Waals surface area contributed by atoms with Gasteiger partial charge in [-0.25, -0.2) is 4.39 Å². The van der Waals surface area contributed by atoms with Gasteiger partial charge in [0.1, 0.15) is 11.6 Å². The van der Waals surface area contributed by atoms with Crippen molar-refractivity contribution in [2.75, 3.05) is 17.2 Å². The number of aryl methyl sites for hydroxylation is 1. The smallest absolute Gasteiger partial charge is 0.418 e. The third kappa shape index (κ3) is 6.59. The largest absolute Gasteiger partial charge is 0.483 e. The van der Waals surface area contributed by atoms with Crippen molar-refractivity contribution < 1.29 is 31.9 Å². The molecule has 0 radical (unpaired) electrons. The monoisotopic (exact) mass is 488 g/mol. The van der Waals surface area contributed by atoms with E-state index in [2.05, 4.69) is 10.6 Å². The number of amides is 2. The van der Waals surface area contributed by atoms with Crippen LogP contribution in [0.3, 0.4) is 0 Å². The molecule has 0 atom stereocenters. The molecule has 0 spiro atoms. The number of nitrogens with one attached hydrogen (secondary N) is 2. The summed E-state index contributed by atoms with van der Waals surface area (Å²) in [7, 11) is 0. The van der Waals surface area contributed by atoms with Crippen LogP contribution < -0.4 is 15.4 Å². The molecule has 184 valence electrons. The van der Waals surface area contributed by atoms with Crippen LogP contribution in [0.15, 0.2) is 60.7 Å². The van der Waals surface area contributed by atoms with Gasteiger partial charge in [-0.2, -0.15) is 13.2 Å². The molecule has 0 unspecified atom stereocenters. The lowest BCUT2D eigenvalue weighted by atomic mass is 10.0. The van der Waals surface area contributed by atoms with Gasteiger partial charge in [-0.3, -0.25) is 9.59 Å². The van der Waals surface area contributed by atoms with Crippen molar-refractivity contribution in [3.05, 3.63) is 88.7 Å². The minimum Gasteiger partial charge on any atom is -0.483 e. The standard InChI is InChI=1S/C26H24F4N2O3/c1-15(2)17-9-8-16(3)23(12-17)35-14-24(33)32-22-11-10-18(13-20(22)26(28,29)30)31-25(34)19-6-4-5-7-21(19)27/h4-13,15H,14H2,1-3H3,(H,31,34)(H,32,33). The number of rotatable bonds is 7. The average Bonchev–Trinajstić information content (AvgIpc) is 2.79. The van der Waals surface area contributed by atoms with E-state index in [0.29, 0.717) is 11.8 Å². The van der Waals surface area contributed by atoms with E-state index in [1.165, 1.54) is 24.3 Å². The number of hydrogen-bond donors (Lipinski definition) is 2. The molecule has 0 aromatic heterocycles. The van der Waals surface area contributed by atoms with Gasteiger partial charge in [0, 0.05) is 5.69 Å². The van der Waals surface area contributed by atoms with Crippen LogP contribution in [-0.4, -0.2) is 18.4 Å². The van der Waals surface area contributed by atoms with Crippen molar-refractivity contribution in [1.29, 1.82) is 0 Å². The summed E-state index contributed by atoms with van der Waals surface area (Å²) >= 11 is 0. The average molecular weight is 488 g/mol. The molecule has 0 heterocycles. The van der Waals surface area contributed by atoms with E-state index >= 15 is 0 Å². The second-order valence-electron chi connectivity index (χ2n) is 8.21. The van der Waals surface area contributed by atoms with Gasteiger partial charge >= 0.3 is 6.18 Å². The third-order valence-electron chi connectivity index (χ3n) is 5.21. The molecule has 5 nitrogen and oxygen atoms in total. The highest BCUT2D eigenvalue weighted by atomic mass is 19.4. The van der Waals surface area contributed by atoms with Crippen molar-refractivity contribution in [2.45, 2.75) is 32.9 Å². The van der Waals surface area contributed by atoms with Crippen LogP contribution in [0.4, 0.5) is 28.9 Å². The predicted molar refractivity (Wildman–Crippen MR) is 125 cm³/mol. The molecule has 0 bridgehead atoms. The number of halogens is 4.